The molecule has 0 aromatic heterocycles. The van der Waals surface area contributed by atoms with Crippen LogP contribution in [-0.2, 0) is 138 Å². The van der Waals surface area contributed by atoms with Crippen LogP contribution in [0.15, 0.2) is 0 Å². The van der Waals surface area contributed by atoms with Crippen molar-refractivity contribution in [3.8, 4) is 12.1 Å². The van der Waals surface area contributed by atoms with Crippen LogP contribution in [0.5, 0.6) is 0 Å². The molecule has 6 nitrogen and oxygen atoms in total. The van der Waals surface area contributed by atoms with Crippen molar-refractivity contribution in [2.75, 3.05) is 26.2 Å². The molecule has 25 heteroatoms. The third-order valence-corrected chi connectivity index (χ3v) is 18.2. The van der Waals surface area contributed by atoms with E-state index in [0.717, 1.165) is 0 Å². The second-order valence-electron chi connectivity index (χ2n) is 2.10. The molecule has 33 heavy (non-hydrogen) atoms. The molecular formula is C8H23Cl4N6P2Pt2S11-2. The molecule has 0 heterocycles. The first-order chi connectivity index (χ1) is 15.5. The quantitative estimate of drug-likeness (QED) is 0.297. The molecular weight excluding hydrogens is 1130 g/mol. The first kappa shape index (κ1) is 61.6. The Morgan fingerprint density at radius 3 is 0.939 bits per heavy atom. The van der Waals surface area contributed by atoms with E-state index in [1.54, 1.807) is 93.1 Å². The van der Waals surface area contributed by atoms with E-state index in [-0.39, 0.29) is 38.6 Å². The second-order valence-corrected chi connectivity index (χ2v) is 21.3. The Morgan fingerprint density at radius 1 is 0.727 bits per heavy atom. The Kier molecular flexibility index (Phi) is 204. The summed E-state index contributed by atoms with van der Waals surface area (Å²) >= 11 is 10.5. The summed E-state index contributed by atoms with van der Waals surface area (Å²) in [5, 5.41) is 14.6. The van der Waals surface area contributed by atoms with Crippen LogP contribution in [0, 0.1) is 22.7 Å². The predicted molar refractivity (Wildman–Crippen MR) is 185 cm³/mol. The molecule has 0 aliphatic heterocycles. The standard InChI is InChI=1S/2C2H6N2.2C2H3N.4ClH.H4P2.2Pt.S11/c2*3-1-2-4;2*1-2-3;;;;;1-2;;;1-3-5-7-9-11-10-8-6-4-2/h2*3-4H,1-2H2;2*1H3;4*1H;1-2H2;;;/q2*-2;;;;;;;;+1;+4;/p-3. The summed E-state index contributed by atoms with van der Waals surface area (Å²) in [5.74, 6) is 0. The Balaban J connectivity index is -0.0000000317. The third kappa shape index (κ3) is 205. The molecule has 0 aliphatic carbocycles. The third-order valence-electron chi connectivity index (χ3n) is 0.472. The maximum atomic E-state index is 7.32. The minimum Gasteiger partial charge on any atom is -0.679 e. The number of nitrogens with one attached hydrogen (secondary N) is 4. The van der Waals surface area contributed by atoms with Crippen molar-refractivity contribution >= 4 is 161 Å². The molecule has 4 N–H and O–H groups in total. The van der Waals surface area contributed by atoms with Crippen LogP contribution in [0.3, 0.4) is 0 Å². The van der Waals surface area contributed by atoms with Crippen molar-refractivity contribution in [1.29, 1.82) is 10.5 Å². The normalized spacial score (nSPS) is 5.67. The van der Waals surface area contributed by atoms with Gasteiger partial charge in [-0.05, 0) is 0 Å². The summed E-state index contributed by atoms with van der Waals surface area (Å²) in [4.78, 5) is 0. The van der Waals surface area contributed by atoms with Gasteiger partial charge in [0.05, 0.1) is 12.1 Å². The van der Waals surface area contributed by atoms with Gasteiger partial charge < -0.3 is 22.9 Å². The number of rotatable bonds is 2. The molecule has 0 aromatic carbocycles. The Bertz CT molecular complexity index is 677. The van der Waals surface area contributed by atoms with Crippen LogP contribution in [0.25, 0.3) is 22.9 Å². The summed E-state index contributed by atoms with van der Waals surface area (Å²) < 4.78 is 0. The van der Waals surface area contributed by atoms with E-state index < -0.39 is 16.5 Å². The van der Waals surface area contributed by atoms with Gasteiger partial charge in [-0.15, -0.1) is 30.3 Å². The fourth-order valence-corrected chi connectivity index (χ4v) is 19.3. The number of nitrogens with zero attached hydrogens (tertiary/aromatic N) is 2. The molecule has 0 rings (SSSR count). The second kappa shape index (κ2) is 109. The fraction of sp³-hybridized carbons (Fsp3) is 0.750. The van der Waals surface area contributed by atoms with Gasteiger partial charge in [-0.1, -0.05) is 0 Å². The van der Waals surface area contributed by atoms with Crippen LogP contribution in [0.1, 0.15) is 13.8 Å². The molecule has 0 aliphatic rings. The number of nitriles is 2. The van der Waals surface area contributed by atoms with Crippen LogP contribution in [0.2, 0.25) is 0 Å². The summed E-state index contributed by atoms with van der Waals surface area (Å²) in [6.45, 7) is 3.81. The van der Waals surface area contributed by atoms with Crippen LogP contribution >= 0.6 is 58.5 Å². The van der Waals surface area contributed by atoms with E-state index in [2.05, 4.69) is 49.7 Å². The van der Waals surface area contributed by atoms with Gasteiger partial charge in [0.2, 0.25) is 0 Å². The van der Waals surface area contributed by atoms with Gasteiger partial charge in [0, 0.05) is 116 Å². The van der Waals surface area contributed by atoms with Crippen molar-refractivity contribution < 1.29 is 35.3 Å². The Hall–Kier alpha value is 4.64. The summed E-state index contributed by atoms with van der Waals surface area (Å²) in [6.07, 6.45) is 0. The fourth-order valence-electron chi connectivity index (χ4n) is 0.0794. The minimum absolute atomic E-state index is 0. The van der Waals surface area contributed by atoms with Crippen molar-refractivity contribution in [2.24, 2.45) is 0 Å². The molecule has 211 valence electrons. The van der Waals surface area contributed by atoms with Crippen LogP contribution in [-0.4, -0.2) is 26.2 Å². The largest absolute Gasteiger partial charge is 0.679 e. The SMILES string of the molecule is CC#N.CC#N.Cl.PP.S=S=S=S=S=S=S=S=S=S=S.[Cl][Pt+2][Cl].[Cl][Pt].[NH-]CC[NH-].[NH-]CC[NH-]. The number of hydrogen-bond donors (Lipinski definition) is 0. The smallest absolute Gasteiger partial charge is 0.171 e. The molecule has 0 amide bonds. The minimum atomic E-state index is -0.472. The van der Waals surface area contributed by atoms with Crippen LogP contribution in [0.4, 0.5) is 0 Å². The summed E-state index contributed by atoms with van der Waals surface area (Å²) in [5.41, 5.74) is 25.1. The van der Waals surface area contributed by atoms with Gasteiger partial charge in [0.15, 0.2) is 0 Å². The first-order valence-corrected chi connectivity index (χ1v) is 30.7. The first-order valence-electron chi connectivity index (χ1n) is 6.22. The van der Waals surface area contributed by atoms with Gasteiger partial charge in [0.25, 0.3) is 0 Å². The van der Waals surface area contributed by atoms with E-state index in [1.165, 1.54) is 31.6 Å². The molecule has 0 radical (unpaired) electrons. The molecule has 0 saturated heterocycles. The molecule has 0 fully saturated rings. The molecule has 0 spiro atoms. The summed E-state index contributed by atoms with van der Waals surface area (Å²) in [7, 11) is 33.5. The maximum Gasteiger partial charge on any atom is -0.171 e. The zero-order valence-corrected chi connectivity index (χ0v) is 35.5. The van der Waals surface area contributed by atoms with Crippen molar-refractivity contribution in [1.82, 2.24) is 0 Å². The predicted octanol–water partition coefficient (Wildman–Crippen LogP) is 6.35. The molecule has 2 atom stereocenters. The average Bonchev–Trinajstić information content (AvgIpc) is 2.83. The topological polar surface area (TPSA) is 143 Å². The average molecular weight is 1150 g/mol. The van der Waals surface area contributed by atoms with E-state index in [1.807, 2.05) is 0 Å². The monoisotopic (exact) mass is 1150 g/mol. The van der Waals surface area contributed by atoms with E-state index in [0.29, 0.717) is 0 Å². The van der Waals surface area contributed by atoms with E-state index in [9.17, 15) is 0 Å². The van der Waals surface area contributed by atoms with Crippen molar-refractivity contribution in [3.63, 3.8) is 0 Å². The number of halogens is 4. The maximum absolute atomic E-state index is 7.32. The Morgan fingerprint density at radius 2 is 0.848 bits per heavy atom. The van der Waals surface area contributed by atoms with Crippen molar-refractivity contribution in [2.45, 2.75) is 13.8 Å². The van der Waals surface area contributed by atoms with Gasteiger partial charge in [0.1, 0.15) is 0 Å². The zero-order valence-electron chi connectivity index (χ0n) is 16.5. The van der Waals surface area contributed by atoms with Gasteiger partial charge in [-0.25, -0.2) is 0 Å². The summed E-state index contributed by atoms with van der Waals surface area (Å²) in [6, 6.07) is 3.50. The van der Waals surface area contributed by atoms with Gasteiger partial charge >= 0.3 is 63.5 Å². The number of hydrogen-bond acceptors (Lipinski definition) is 4. The molecule has 0 aromatic rings. The van der Waals surface area contributed by atoms with E-state index >= 15 is 0 Å². The molecule has 0 saturated carbocycles. The molecule has 2 unspecified atom stereocenters. The molecule has 0 bridgehead atoms. The Labute approximate surface area is 277 Å². The van der Waals surface area contributed by atoms with Gasteiger partial charge in [-0.3, -0.25) is 0 Å². The van der Waals surface area contributed by atoms with Crippen LogP contribution < -0.4 is 0 Å². The van der Waals surface area contributed by atoms with Gasteiger partial charge in [-0.2, -0.15) is 36.7 Å². The van der Waals surface area contributed by atoms with E-state index in [4.69, 9.17) is 52.3 Å². The zero-order chi connectivity index (χ0) is 27.3. The van der Waals surface area contributed by atoms with Crippen molar-refractivity contribution in [3.05, 3.63) is 22.9 Å².